The minimum Gasteiger partial charge on any atom is -0.378 e. The predicted molar refractivity (Wildman–Crippen MR) is 71.4 cm³/mol. The van der Waals surface area contributed by atoms with Crippen molar-refractivity contribution in [3.05, 3.63) is 17.6 Å². The van der Waals surface area contributed by atoms with Crippen molar-refractivity contribution in [1.29, 1.82) is 0 Å². The summed E-state index contributed by atoms with van der Waals surface area (Å²) in [6, 6.07) is 2.05. The van der Waals surface area contributed by atoms with Gasteiger partial charge in [-0.2, -0.15) is 0 Å². The molecule has 2 fully saturated rings. The van der Waals surface area contributed by atoms with Gasteiger partial charge in [0.05, 0.1) is 25.5 Å². The molecule has 1 atom stereocenters. The first-order valence-electron chi connectivity index (χ1n) is 6.83. The fraction of sp³-hybridized carbons (Fsp3) is 0.692. The van der Waals surface area contributed by atoms with Crippen molar-refractivity contribution in [2.45, 2.75) is 13.0 Å². The topological polar surface area (TPSA) is 59.5 Å². The molecule has 2 aliphatic rings. The summed E-state index contributed by atoms with van der Waals surface area (Å²) in [7, 11) is 0. The first-order valence-corrected chi connectivity index (χ1v) is 6.83. The van der Waals surface area contributed by atoms with Gasteiger partial charge >= 0.3 is 0 Å². The zero-order chi connectivity index (χ0) is 13.1. The Morgan fingerprint density at radius 2 is 2.11 bits per heavy atom. The van der Waals surface area contributed by atoms with Crippen LogP contribution in [0.3, 0.4) is 0 Å². The number of nitrogens with zero attached hydrogens (tertiary/aromatic N) is 3. The van der Waals surface area contributed by atoms with Crippen LogP contribution in [0.25, 0.3) is 0 Å². The molecule has 0 aliphatic carbocycles. The van der Waals surface area contributed by atoms with Gasteiger partial charge in [0.15, 0.2) is 0 Å². The number of ether oxygens (including phenoxy) is 2. The van der Waals surface area contributed by atoms with Gasteiger partial charge in [0.2, 0.25) is 0 Å². The summed E-state index contributed by atoms with van der Waals surface area (Å²) < 4.78 is 11.1. The Balaban J connectivity index is 1.82. The van der Waals surface area contributed by atoms with Gasteiger partial charge in [0.1, 0.15) is 17.7 Å². The van der Waals surface area contributed by atoms with Crippen LogP contribution in [0.2, 0.25) is 0 Å². The lowest BCUT2D eigenvalue weighted by Gasteiger charge is -2.29. The molecule has 2 saturated heterocycles. The molecule has 0 spiro atoms. The Bertz CT molecular complexity index is 392. The van der Waals surface area contributed by atoms with Crippen molar-refractivity contribution in [2.75, 3.05) is 50.9 Å². The lowest BCUT2D eigenvalue weighted by molar-refractivity contribution is 0.0248. The SMILES string of the molecule is Cc1nc([C@H]2CNCCO2)cc(N2CCOCC2)n1. The number of rotatable bonds is 2. The minimum atomic E-state index is 0.0373. The van der Waals surface area contributed by atoms with Crippen LogP contribution in [0, 0.1) is 6.92 Å². The minimum absolute atomic E-state index is 0.0373. The first kappa shape index (κ1) is 12.8. The normalized spacial score (nSPS) is 24.5. The van der Waals surface area contributed by atoms with Crippen LogP contribution >= 0.6 is 0 Å². The summed E-state index contributed by atoms with van der Waals surface area (Å²) >= 11 is 0. The lowest BCUT2D eigenvalue weighted by atomic mass is 10.2. The molecule has 1 aromatic rings. The van der Waals surface area contributed by atoms with Crippen LogP contribution < -0.4 is 10.2 Å². The molecule has 2 aliphatic heterocycles. The van der Waals surface area contributed by atoms with E-state index in [1.54, 1.807) is 0 Å². The summed E-state index contributed by atoms with van der Waals surface area (Å²) in [6.45, 7) is 7.71. The van der Waals surface area contributed by atoms with E-state index in [1.165, 1.54) is 0 Å². The van der Waals surface area contributed by atoms with Gasteiger partial charge in [0.25, 0.3) is 0 Å². The molecule has 19 heavy (non-hydrogen) atoms. The van der Waals surface area contributed by atoms with Crippen LogP contribution in [-0.4, -0.2) is 56.0 Å². The molecule has 1 N–H and O–H groups in total. The van der Waals surface area contributed by atoms with E-state index < -0.39 is 0 Å². The Morgan fingerprint density at radius 3 is 2.84 bits per heavy atom. The Morgan fingerprint density at radius 1 is 1.26 bits per heavy atom. The number of morpholine rings is 2. The highest BCUT2D eigenvalue weighted by atomic mass is 16.5. The molecule has 104 valence electrons. The highest BCUT2D eigenvalue weighted by molar-refractivity contribution is 5.40. The summed E-state index contributed by atoms with van der Waals surface area (Å²) in [6.07, 6.45) is 0.0373. The van der Waals surface area contributed by atoms with Crippen molar-refractivity contribution in [3.63, 3.8) is 0 Å². The molecule has 0 amide bonds. The maximum absolute atomic E-state index is 5.77. The maximum Gasteiger partial charge on any atom is 0.132 e. The highest BCUT2D eigenvalue weighted by Gasteiger charge is 2.20. The quantitative estimate of drug-likeness (QED) is 0.828. The molecule has 0 radical (unpaired) electrons. The van der Waals surface area contributed by atoms with Gasteiger partial charge in [-0.25, -0.2) is 9.97 Å². The molecule has 0 saturated carbocycles. The van der Waals surface area contributed by atoms with Gasteiger partial charge in [-0.3, -0.25) is 0 Å². The second-order valence-electron chi connectivity index (χ2n) is 4.86. The molecule has 0 unspecified atom stereocenters. The van der Waals surface area contributed by atoms with Crippen LogP contribution in [0.15, 0.2) is 6.07 Å². The average molecular weight is 264 g/mol. The van der Waals surface area contributed by atoms with Crippen molar-refractivity contribution in [3.8, 4) is 0 Å². The van der Waals surface area contributed by atoms with Crippen LogP contribution in [0.1, 0.15) is 17.6 Å². The average Bonchev–Trinajstić information content (AvgIpc) is 2.48. The third-order valence-electron chi connectivity index (χ3n) is 3.44. The van der Waals surface area contributed by atoms with Crippen molar-refractivity contribution in [1.82, 2.24) is 15.3 Å². The summed E-state index contributed by atoms with van der Waals surface area (Å²) in [5.41, 5.74) is 0.973. The third kappa shape index (κ3) is 3.02. The Hall–Kier alpha value is -1.24. The summed E-state index contributed by atoms with van der Waals surface area (Å²) in [5.74, 6) is 1.79. The van der Waals surface area contributed by atoms with E-state index in [1.807, 2.05) is 6.92 Å². The second kappa shape index (κ2) is 5.81. The van der Waals surface area contributed by atoms with Crippen LogP contribution in [-0.2, 0) is 9.47 Å². The second-order valence-corrected chi connectivity index (χ2v) is 4.86. The van der Waals surface area contributed by atoms with Crippen molar-refractivity contribution >= 4 is 5.82 Å². The molecule has 3 rings (SSSR count). The van der Waals surface area contributed by atoms with Crippen molar-refractivity contribution in [2.24, 2.45) is 0 Å². The van der Waals surface area contributed by atoms with Gasteiger partial charge in [-0.1, -0.05) is 0 Å². The van der Waals surface area contributed by atoms with Gasteiger partial charge in [0, 0.05) is 32.2 Å². The molecular formula is C13H20N4O2. The van der Waals surface area contributed by atoms with E-state index in [-0.39, 0.29) is 6.10 Å². The zero-order valence-corrected chi connectivity index (χ0v) is 11.3. The first-order chi connectivity index (χ1) is 9.33. The number of hydrogen-bond donors (Lipinski definition) is 1. The van der Waals surface area contributed by atoms with E-state index in [4.69, 9.17) is 9.47 Å². The fourth-order valence-corrected chi connectivity index (χ4v) is 2.45. The van der Waals surface area contributed by atoms with Gasteiger partial charge < -0.3 is 19.7 Å². The largest absolute Gasteiger partial charge is 0.378 e. The molecule has 1 aromatic heterocycles. The third-order valence-corrected chi connectivity index (χ3v) is 3.44. The number of anilines is 1. The van der Waals surface area contributed by atoms with E-state index in [0.29, 0.717) is 0 Å². The smallest absolute Gasteiger partial charge is 0.132 e. The monoisotopic (exact) mass is 264 g/mol. The molecule has 0 bridgehead atoms. The number of aryl methyl sites for hydroxylation is 1. The molecule has 0 aromatic carbocycles. The fourth-order valence-electron chi connectivity index (χ4n) is 2.45. The Labute approximate surface area is 113 Å². The zero-order valence-electron chi connectivity index (χ0n) is 11.3. The molecular weight excluding hydrogens is 244 g/mol. The summed E-state index contributed by atoms with van der Waals surface area (Å²) in [5, 5.41) is 3.33. The van der Waals surface area contributed by atoms with Crippen LogP contribution in [0.4, 0.5) is 5.82 Å². The number of aromatic nitrogens is 2. The number of nitrogens with one attached hydrogen (secondary N) is 1. The molecule has 6 nitrogen and oxygen atoms in total. The molecule has 6 heteroatoms. The standard InChI is InChI=1S/C13H20N4O2/c1-10-15-11(12-9-14-2-5-19-12)8-13(16-10)17-3-6-18-7-4-17/h8,12,14H,2-7,9H2,1H3/t12-/m1/s1. The van der Waals surface area contributed by atoms with E-state index in [0.717, 1.165) is 63.3 Å². The van der Waals surface area contributed by atoms with E-state index in [2.05, 4.69) is 26.3 Å². The Kier molecular flexibility index (Phi) is 3.91. The highest BCUT2D eigenvalue weighted by Crippen LogP contribution is 2.21. The predicted octanol–water partition coefficient (Wildman–Crippen LogP) is 0.283. The van der Waals surface area contributed by atoms with Crippen LogP contribution in [0.5, 0.6) is 0 Å². The van der Waals surface area contributed by atoms with Crippen molar-refractivity contribution < 1.29 is 9.47 Å². The maximum atomic E-state index is 5.77. The summed E-state index contributed by atoms with van der Waals surface area (Å²) in [4.78, 5) is 11.3. The van der Waals surface area contributed by atoms with E-state index >= 15 is 0 Å². The molecule has 3 heterocycles. The lowest BCUT2D eigenvalue weighted by Crippen LogP contribution is -2.37. The number of hydrogen-bond acceptors (Lipinski definition) is 6. The van der Waals surface area contributed by atoms with E-state index in [9.17, 15) is 0 Å². The van der Waals surface area contributed by atoms with Gasteiger partial charge in [-0.15, -0.1) is 0 Å². The van der Waals surface area contributed by atoms with Gasteiger partial charge in [-0.05, 0) is 6.92 Å².